The largest absolute Gasteiger partial charge is 0.375 e. The van der Waals surface area contributed by atoms with Crippen molar-refractivity contribution in [1.29, 1.82) is 0 Å². The molecule has 2 unspecified atom stereocenters. The van der Waals surface area contributed by atoms with Gasteiger partial charge in [-0.25, -0.2) is 8.78 Å². The molecule has 8 heteroatoms. The highest BCUT2D eigenvalue weighted by Crippen LogP contribution is 2.55. The van der Waals surface area contributed by atoms with E-state index >= 15 is 0 Å². The summed E-state index contributed by atoms with van der Waals surface area (Å²) in [5.41, 5.74) is 0. The molecule has 1 fully saturated rings. The van der Waals surface area contributed by atoms with E-state index in [0.29, 0.717) is 0 Å². The molecule has 0 aliphatic heterocycles. The van der Waals surface area contributed by atoms with Gasteiger partial charge in [-0.05, 0) is 0 Å². The predicted octanol–water partition coefficient (Wildman–Crippen LogP) is 2.97. The Hall–Kier alpha value is -0.560. The minimum atomic E-state index is -5.86. The quantitative estimate of drug-likeness (QED) is 0.559. The lowest BCUT2D eigenvalue weighted by atomic mass is 9.86. The molecule has 1 saturated carbocycles. The molecular formula is C6H4F8. The monoisotopic (exact) mass is 228 g/mol. The lowest BCUT2D eigenvalue weighted by molar-refractivity contribution is -0.356. The van der Waals surface area contributed by atoms with Gasteiger partial charge in [-0.15, -0.1) is 0 Å². The molecule has 0 amide bonds. The van der Waals surface area contributed by atoms with E-state index in [9.17, 15) is 35.1 Å². The average Bonchev–Trinajstić information content (AvgIpc) is 1.99. The van der Waals surface area contributed by atoms with Crippen molar-refractivity contribution in [2.45, 2.75) is 36.5 Å². The summed E-state index contributed by atoms with van der Waals surface area (Å²) in [6.45, 7) is 0. The average molecular weight is 228 g/mol. The molecule has 14 heavy (non-hydrogen) atoms. The SMILES string of the molecule is FC1CC(F)(F)C(F)(F)C(F)(F)C1F. The Bertz CT molecular complexity index is 234. The molecule has 0 N–H and O–H groups in total. The van der Waals surface area contributed by atoms with E-state index in [2.05, 4.69) is 0 Å². The summed E-state index contributed by atoms with van der Waals surface area (Å²) >= 11 is 0. The van der Waals surface area contributed by atoms with Gasteiger partial charge in [0.15, 0.2) is 0 Å². The summed E-state index contributed by atoms with van der Waals surface area (Å²) in [7, 11) is 0. The Labute approximate surface area is 72.9 Å². The maximum Gasteiger partial charge on any atom is 0.375 e. The van der Waals surface area contributed by atoms with Crippen molar-refractivity contribution in [3.8, 4) is 0 Å². The molecule has 0 bridgehead atoms. The number of hydrogen-bond acceptors (Lipinski definition) is 0. The van der Waals surface area contributed by atoms with Crippen molar-refractivity contribution in [3.63, 3.8) is 0 Å². The second kappa shape index (κ2) is 2.73. The van der Waals surface area contributed by atoms with E-state index in [0.717, 1.165) is 0 Å². The fourth-order valence-corrected chi connectivity index (χ4v) is 1.12. The molecule has 0 radical (unpaired) electrons. The van der Waals surface area contributed by atoms with Crippen LogP contribution in [0.15, 0.2) is 0 Å². The summed E-state index contributed by atoms with van der Waals surface area (Å²) in [6.07, 6.45) is -9.44. The fourth-order valence-electron chi connectivity index (χ4n) is 1.12. The zero-order valence-corrected chi connectivity index (χ0v) is 6.39. The van der Waals surface area contributed by atoms with Gasteiger partial charge in [0.05, 0.1) is 6.42 Å². The van der Waals surface area contributed by atoms with Crippen molar-refractivity contribution in [2.24, 2.45) is 0 Å². The molecule has 0 aromatic rings. The zero-order valence-electron chi connectivity index (χ0n) is 6.39. The Morgan fingerprint density at radius 3 is 1.71 bits per heavy atom. The highest BCUT2D eigenvalue weighted by atomic mass is 19.3. The second-order valence-corrected chi connectivity index (χ2v) is 3.02. The van der Waals surface area contributed by atoms with Gasteiger partial charge < -0.3 is 0 Å². The third-order valence-electron chi connectivity index (χ3n) is 1.99. The highest BCUT2D eigenvalue weighted by molar-refractivity contribution is 5.08. The van der Waals surface area contributed by atoms with E-state index in [1.54, 1.807) is 0 Å². The summed E-state index contributed by atoms with van der Waals surface area (Å²) in [5.74, 6) is -16.8. The normalized spacial score (nSPS) is 39.4. The molecule has 2 atom stereocenters. The van der Waals surface area contributed by atoms with Crippen LogP contribution in [0.3, 0.4) is 0 Å². The van der Waals surface area contributed by atoms with Gasteiger partial charge >= 0.3 is 17.8 Å². The standard InChI is InChI=1S/C6H4F8/c7-2-1-4(9,10)6(13,14)5(11,12)3(2)8/h2-3H,1H2. The van der Waals surface area contributed by atoms with Crippen LogP contribution in [-0.4, -0.2) is 30.1 Å². The molecular weight excluding hydrogens is 224 g/mol. The van der Waals surface area contributed by atoms with E-state index in [4.69, 9.17) is 0 Å². The first-order valence-electron chi connectivity index (χ1n) is 3.45. The van der Waals surface area contributed by atoms with Crippen LogP contribution in [0.2, 0.25) is 0 Å². The van der Waals surface area contributed by atoms with Crippen LogP contribution >= 0.6 is 0 Å². The Balaban J connectivity index is 3.15. The molecule has 1 aliphatic rings. The maximum absolute atomic E-state index is 12.3. The Morgan fingerprint density at radius 2 is 1.29 bits per heavy atom. The summed E-state index contributed by atoms with van der Waals surface area (Å²) in [6, 6.07) is 0. The van der Waals surface area contributed by atoms with Crippen molar-refractivity contribution in [3.05, 3.63) is 0 Å². The fraction of sp³-hybridized carbons (Fsp3) is 1.00. The van der Waals surface area contributed by atoms with E-state index < -0.39 is 36.5 Å². The van der Waals surface area contributed by atoms with Crippen LogP contribution in [-0.2, 0) is 0 Å². The molecule has 0 aromatic heterocycles. The first-order valence-corrected chi connectivity index (χ1v) is 3.45. The molecule has 84 valence electrons. The first-order chi connectivity index (χ1) is 6.04. The van der Waals surface area contributed by atoms with Crippen molar-refractivity contribution < 1.29 is 35.1 Å². The summed E-state index contributed by atoms with van der Waals surface area (Å²) in [4.78, 5) is 0. The van der Waals surface area contributed by atoms with Gasteiger partial charge in [-0.2, -0.15) is 26.3 Å². The van der Waals surface area contributed by atoms with Crippen molar-refractivity contribution >= 4 is 0 Å². The number of rotatable bonds is 0. The van der Waals surface area contributed by atoms with E-state index in [-0.39, 0.29) is 0 Å². The number of halogens is 8. The van der Waals surface area contributed by atoms with Crippen molar-refractivity contribution in [1.82, 2.24) is 0 Å². The lowest BCUT2D eigenvalue weighted by Crippen LogP contribution is -2.65. The third kappa shape index (κ3) is 1.18. The highest BCUT2D eigenvalue weighted by Gasteiger charge is 2.79. The van der Waals surface area contributed by atoms with Gasteiger partial charge in [-0.3, -0.25) is 0 Å². The molecule has 0 aromatic carbocycles. The predicted molar refractivity (Wildman–Crippen MR) is 29.2 cm³/mol. The lowest BCUT2D eigenvalue weighted by Gasteiger charge is -2.40. The minimum absolute atomic E-state index is 2.24. The van der Waals surface area contributed by atoms with Crippen LogP contribution in [0.5, 0.6) is 0 Å². The van der Waals surface area contributed by atoms with Gasteiger partial charge in [0.1, 0.15) is 6.17 Å². The topological polar surface area (TPSA) is 0 Å². The smallest absolute Gasteiger partial charge is 0.244 e. The molecule has 1 rings (SSSR count). The third-order valence-corrected chi connectivity index (χ3v) is 1.99. The van der Waals surface area contributed by atoms with Gasteiger partial charge in [0, 0.05) is 0 Å². The molecule has 0 spiro atoms. The van der Waals surface area contributed by atoms with Gasteiger partial charge in [0.25, 0.3) is 0 Å². The van der Waals surface area contributed by atoms with Gasteiger partial charge in [0.2, 0.25) is 6.17 Å². The Morgan fingerprint density at radius 1 is 0.857 bits per heavy atom. The van der Waals surface area contributed by atoms with Gasteiger partial charge in [-0.1, -0.05) is 0 Å². The second-order valence-electron chi connectivity index (χ2n) is 3.02. The van der Waals surface area contributed by atoms with Crippen LogP contribution in [0, 0.1) is 0 Å². The number of hydrogen-bond donors (Lipinski definition) is 0. The van der Waals surface area contributed by atoms with E-state index in [1.165, 1.54) is 0 Å². The molecule has 0 saturated heterocycles. The van der Waals surface area contributed by atoms with Crippen LogP contribution in [0.1, 0.15) is 6.42 Å². The zero-order chi connectivity index (χ0) is 11.4. The maximum atomic E-state index is 12.3. The van der Waals surface area contributed by atoms with Crippen LogP contribution in [0.25, 0.3) is 0 Å². The van der Waals surface area contributed by atoms with Crippen molar-refractivity contribution in [2.75, 3.05) is 0 Å². The van der Waals surface area contributed by atoms with Crippen LogP contribution < -0.4 is 0 Å². The van der Waals surface area contributed by atoms with E-state index in [1.807, 2.05) is 0 Å². The number of alkyl halides is 8. The summed E-state index contributed by atoms with van der Waals surface area (Å²) < 4.78 is 98.1. The summed E-state index contributed by atoms with van der Waals surface area (Å²) in [5, 5.41) is 0. The van der Waals surface area contributed by atoms with Crippen LogP contribution in [0.4, 0.5) is 35.1 Å². The first kappa shape index (κ1) is 11.5. The molecule has 1 aliphatic carbocycles. The Kier molecular flexibility index (Phi) is 2.24. The molecule has 0 nitrogen and oxygen atoms in total. The minimum Gasteiger partial charge on any atom is -0.244 e. The molecule has 0 heterocycles.